The fourth-order valence-corrected chi connectivity index (χ4v) is 3.13. The van der Waals surface area contributed by atoms with Gasteiger partial charge in [0.2, 0.25) is 0 Å². The molecule has 0 aliphatic heterocycles. The number of thiophene rings is 1. The molecule has 0 bridgehead atoms. The third-order valence-electron chi connectivity index (χ3n) is 2.64. The van der Waals surface area contributed by atoms with Gasteiger partial charge in [0.25, 0.3) is 0 Å². The Morgan fingerprint density at radius 3 is 2.82 bits per heavy atom. The minimum absolute atomic E-state index is 0.0613. The van der Waals surface area contributed by atoms with Crippen LogP contribution in [0.1, 0.15) is 29.1 Å². The van der Waals surface area contributed by atoms with Crippen LogP contribution in [0.5, 0.6) is 0 Å². The summed E-state index contributed by atoms with van der Waals surface area (Å²) in [5.41, 5.74) is 2.14. The smallest absolute Gasteiger partial charge is 0.0873 e. The van der Waals surface area contributed by atoms with Crippen LogP contribution in [0.25, 0.3) is 0 Å². The second-order valence-electron chi connectivity index (χ2n) is 3.87. The summed E-state index contributed by atoms with van der Waals surface area (Å²) < 4.78 is 1.78. The van der Waals surface area contributed by atoms with Crippen LogP contribution >= 0.6 is 22.9 Å². The molecule has 2 heterocycles. The highest BCUT2D eigenvalue weighted by atomic mass is 35.5. The summed E-state index contributed by atoms with van der Waals surface area (Å²) >= 11 is 8.00. The van der Waals surface area contributed by atoms with Crippen LogP contribution in [0.15, 0.2) is 11.6 Å². The van der Waals surface area contributed by atoms with Crippen molar-refractivity contribution >= 4 is 22.9 Å². The van der Waals surface area contributed by atoms with Crippen molar-refractivity contribution in [2.75, 3.05) is 6.54 Å². The molecular formula is C11H15ClN4S. The highest BCUT2D eigenvalue weighted by molar-refractivity contribution is 7.10. The molecule has 0 fully saturated rings. The van der Waals surface area contributed by atoms with Gasteiger partial charge >= 0.3 is 0 Å². The molecule has 2 aromatic heterocycles. The molecule has 0 amide bonds. The molecular weight excluding hydrogens is 256 g/mol. The highest BCUT2D eigenvalue weighted by Crippen LogP contribution is 2.35. The standard InChI is InChI=1S/C11H15ClN4S/c1-4-13-10(8-5-14-15-16(8)3)11-9(12)7(2)6-17-11/h5-6,10,13H,4H2,1-3H3. The quantitative estimate of drug-likeness (QED) is 0.928. The van der Waals surface area contributed by atoms with E-state index in [2.05, 4.69) is 27.9 Å². The van der Waals surface area contributed by atoms with Gasteiger partial charge in [-0.1, -0.05) is 23.7 Å². The van der Waals surface area contributed by atoms with E-state index in [1.54, 1.807) is 22.2 Å². The number of hydrogen-bond acceptors (Lipinski definition) is 4. The van der Waals surface area contributed by atoms with E-state index in [1.807, 2.05) is 14.0 Å². The van der Waals surface area contributed by atoms with Gasteiger partial charge in [0.15, 0.2) is 0 Å². The average molecular weight is 271 g/mol. The number of aryl methyl sites for hydroxylation is 2. The van der Waals surface area contributed by atoms with Gasteiger partial charge in [-0.2, -0.15) is 0 Å². The zero-order valence-corrected chi connectivity index (χ0v) is 11.6. The largest absolute Gasteiger partial charge is 0.304 e. The van der Waals surface area contributed by atoms with E-state index in [0.717, 1.165) is 27.7 Å². The Kier molecular flexibility index (Phi) is 3.81. The molecule has 1 unspecified atom stereocenters. The maximum Gasteiger partial charge on any atom is 0.0873 e. The summed E-state index contributed by atoms with van der Waals surface area (Å²) in [5, 5.41) is 14.2. The monoisotopic (exact) mass is 270 g/mol. The third-order valence-corrected chi connectivity index (χ3v) is 4.42. The molecule has 1 atom stereocenters. The van der Waals surface area contributed by atoms with Crippen molar-refractivity contribution in [1.29, 1.82) is 0 Å². The van der Waals surface area contributed by atoms with Crippen LogP contribution in [-0.4, -0.2) is 21.5 Å². The molecule has 2 aromatic rings. The lowest BCUT2D eigenvalue weighted by atomic mass is 10.1. The molecule has 2 rings (SSSR count). The minimum atomic E-state index is 0.0613. The molecule has 92 valence electrons. The van der Waals surface area contributed by atoms with Crippen molar-refractivity contribution < 1.29 is 0 Å². The fourth-order valence-electron chi connectivity index (χ4n) is 1.74. The molecule has 0 spiro atoms. The summed E-state index contributed by atoms with van der Waals surface area (Å²) in [7, 11) is 1.89. The zero-order chi connectivity index (χ0) is 12.4. The maximum atomic E-state index is 6.33. The molecule has 0 saturated heterocycles. The van der Waals surface area contributed by atoms with Crippen molar-refractivity contribution in [3.63, 3.8) is 0 Å². The molecule has 0 saturated carbocycles. The Labute approximate surface area is 110 Å². The third kappa shape index (κ3) is 2.36. The summed E-state index contributed by atoms with van der Waals surface area (Å²) in [6.07, 6.45) is 1.78. The van der Waals surface area contributed by atoms with Crippen molar-refractivity contribution in [2.24, 2.45) is 7.05 Å². The summed E-state index contributed by atoms with van der Waals surface area (Å²) in [5.74, 6) is 0. The molecule has 17 heavy (non-hydrogen) atoms. The second-order valence-corrected chi connectivity index (χ2v) is 5.16. The van der Waals surface area contributed by atoms with Crippen LogP contribution in [-0.2, 0) is 7.05 Å². The second kappa shape index (κ2) is 5.16. The lowest BCUT2D eigenvalue weighted by Gasteiger charge is -2.16. The SMILES string of the molecule is CCNC(c1scc(C)c1Cl)c1cnnn1C. The Morgan fingerprint density at radius 2 is 2.35 bits per heavy atom. The van der Waals surface area contributed by atoms with E-state index in [1.165, 1.54) is 0 Å². The van der Waals surface area contributed by atoms with E-state index in [4.69, 9.17) is 11.6 Å². The first-order chi connectivity index (χ1) is 8.15. The molecule has 1 N–H and O–H groups in total. The number of hydrogen-bond donors (Lipinski definition) is 1. The van der Waals surface area contributed by atoms with Gasteiger partial charge in [0.05, 0.1) is 23.0 Å². The Hall–Kier alpha value is -0.910. The number of nitrogens with one attached hydrogen (secondary N) is 1. The van der Waals surface area contributed by atoms with Crippen molar-refractivity contribution in [3.8, 4) is 0 Å². The zero-order valence-electron chi connectivity index (χ0n) is 10.1. The van der Waals surface area contributed by atoms with Crippen LogP contribution in [0.4, 0.5) is 0 Å². The lowest BCUT2D eigenvalue weighted by Crippen LogP contribution is -2.23. The van der Waals surface area contributed by atoms with Crippen LogP contribution in [0, 0.1) is 6.92 Å². The van der Waals surface area contributed by atoms with Gasteiger partial charge < -0.3 is 5.32 Å². The van der Waals surface area contributed by atoms with E-state index in [0.29, 0.717) is 0 Å². The number of rotatable bonds is 4. The lowest BCUT2D eigenvalue weighted by molar-refractivity contribution is 0.574. The molecule has 6 heteroatoms. The van der Waals surface area contributed by atoms with Gasteiger partial charge in [-0.3, -0.25) is 4.68 Å². The maximum absolute atomic E-state index is 6.33. The van der Waals surface area contributed by atoms with E-state index < -0.39 is 0 Å². The number of nitrogens with zero attached hydrogens (tertiary/aromatic N) is 3. The minimum Gasteiger partial charge on any atom is -0.304 e. The summed E-state index contributed by atoms with van der Waals surface area (Å²) in [4.78, 5) is 1.12. The Balaban J connectivity index is 2.43. The molecule has 0 aliphatic carbocycles. The predicted octanol–water partition coefficient (Wildman–Crippen LogP) is 2.54. The average Bonchev–Trinajstić information content (AvgIpc) is 2.85. The van der Waals surface area contributed by atoms with E-state index in [9.17, 15) is 0 Å². The van der Waals surface area contributed by atoms with Crippen molar-refractivity contribution in [1.82, 2.24) is 20.3 Å². The first kappa shape index (κ1) is 12.5. The van der Waals surface area contributed by atoms with Crippen molar-refractivity contribution in [3.05, 3.63) is 32.7 Å². The summed E-state index contributed by atoms with van der Waals surface area (Å²) in [6, 6.07) is 0.0613. The fraction of sp³-hybridized carbons (Fsp3) is 0.455. The Bertz CT molecular complexity index is 505. The Morgan fingerprint density at radius 1 is 1.59 bits per heavy atom. The van der Waals surface area contributed by atoms with Gasteiger partial charge in [0.1, 0.15) is 0 Å². The first-order valence-electron chi connectivity index (χ1n) is 5.46. The number of aromatic nitrogens is 3. The highest BCUT2D eigenvalue weighted by Gasteiger charge is 2.22. The van der Waals surface area contributed by atoms with Crippen LogP contribution in [0.2, 0.25) is 5.02 Å². The van der Waals surface area contributed by atoms with Gasteiger partial charge in [-0.25, -0.2) is 0 Å². The predicted molar refractivity (Wildman–Crippen MR) is 70.6 cm³/mol. The molecule has 0 aliphatic rings. The normalized spacial score (nSPS) is 12.9. The summed E-state index contributed by atoms with van der Waals surface area (Å²) in [6.45, 7) is 4.96. The first-order valence-corrected chi connectivity index (χ1v) is 6.72. The van der Waals surface area contributed by atoms with Crippen molar-refractivity contribution in [2.45, 2.75) is 19.9 Å². The topological polar surface area (TPSA) is 42.7 Å². The van der Waals surface area contributed by atoms with Gasteiger partial charge in [0, 0.05) is 11.9 Å². The molecule has 4 nitrogen and oxygen atoms in total. The van der Waals surface area contributed by atoms with E-state index >= 15 is 0 Å². The molecule has 0 radical (unpaired) electrons. The van der Waals surface area contributed by atoms with Gasteiger partial charge in [-0.15, -0.1) is 16.4 Å². The van der Waals surface area contributed by atoms with Crippen LogP contribution < -0.4 is 5.32 Å². The van der Waals surface area contributed by atoms with Crippen LogP contribution in [0.3, 0.4) is 0 Å². The number of halogens is 1. The van der Waals surface area contributed by atoms with E-state index in [-0.39, 0.29) is 6.04 Å². The molecule has 0 aromatic carbocycles. The van der Waals surface area contributed by atoms with Gasteiger partial charge in [-0.05, 0) is 24.4 Å².